The maximum atomic E-state index is 11.0. The van der Waals surface area contributed by atoms with Gasteiger partial charge >= 0.3 is 0 Å². The van der Waals surface area contributed by atoms with Gasteiger partial charge in [-0.15, -0.1) is 0 Å². The number of aliphatic hydroxyl groups is 1. The molecule has 0 amide bonds. The molecule has 0 saturated carbocycles. The fraction of sp³-hybridized carbons (Fsp3) is 0.500. The van der Waals surface area contributed by atoms with Crippen LogP contribution < -0.4 is 0 Å². The Morgan fingerprint density at radius 2 is 1.74 bits per heavy atom. The number of rotatable bonds is 5. The average molecular weight is 386 g/mol. The minimum absolute atomic E-state index is 0.704. The van der Waals surface area contributed by atoms with Crippen molar-refractivity contribution in [2.45, 2.75) is 37.8 Å². The smallest absolute Gasteiger partial charge is 0.0920 e. The first-order valence-electron chi connectivity index (χ1n) is 9.98. The van der Waals surface area contributed by atoms with Crippen LogP contribution >= 0.6 is 11.6 Å². The molecule has 1 saturated heterocycles. The largest absolute Gasteiger partial charge is 0.385 e. The second-order valence-electron chi connectivity index (χ2n) is 7.87. The number of piperidine rings is 1. The van der Waals surface area contributed by atoms with Gasteiger partial charge in [0.15, 0.2) is 0 Å². The summed E-state index contributed by atoms with van der Waals surface area (Å²) in [7, 11) is 0. The fourth-order valence-corrected chi connectivity index (χ4v) is 4.45. The van der Waals surface area contributed by atoms with Gasteiger partial charge in [-0.05, 0) is 61.7 Å². The van der Waals surface area contributed by atoms with E-state index in [9.17, 15) is 5.11 Å². The van der Waals surface area contributed by atoms with Crippen LogP contribution in [0.25, 0.3) is 0 Å². The molecule has 4 rings (SSSR count). The van der Waals surface area contributed by atoms with E-state index in [1.165, 1.54) is 17.7 Å². The molecule has 2 aliphatic heterocycles. The third kappa shape index (κ3) is 4.52. The Bertz CT molecular complexity index is 756. The highest BCUT2D eigenvalue weighted by Crippen LogP contribution is 2.33. The van der Waals surface area contributed by atoms with Gasteiger partial charge in [0, 0.05) is 49.5 Å². The Hall–Kier alpha value is -1.46. The third-order valence-electron chi connectivity index (χ3n) is 6.06. The van der Waals surface area contributed by atoms with Crippen LogP contribution in [-0.2, 0) is 18.6 Å². The molecule has 144 valence electrons. The van der Waals surface area contributed by atoms with E-state index in [0.29, 0.717) is 0 Å². The SMILES string of the molecule is OC1(c2ccc(Cl)cc2)CCN(CCCN2CCc3ncccc3C2)CC1. The lowest BCUT2D eigenvalue weighted by atomic mass is 9.84. The van der Waals surface area contributed by atoms with E-state index in [0.717, 1.165) is 69.1 Å². The Kier molecular flexibility index (Phi) is 5.79. The van der Waals surface area contributed by atoms with Crippen molar-refractivity contribution in [3.63, 3.8) is 0 Å². The predicted molar refractivity (Wildman–Crippen MR) is 109 cm³/mol. The number of pyridine rings is 1. The first kappa shape index (κ1) is 18.9. The van der Waals surface area contributed by atoms with Gasteiger partial charge in [0.05, 0.1) is 5.60 Å². The number of hydrogen-bond donors (Lipinski definition) is 1. The summed E-state index contributed by atoms with van der Waals surface area (Å²) in [6.07, 6.45) is 5.72. The maximum Gasteiger partial charge on any atom is 0.0920 e. The molecule has 5 heteroatoms. The van der Waals surface area contributed by atoms with Crippen molar-refractivity contribution in [1.29, 1.82) is 0 Å². The zero-order valence-electron chi connectivity index (χ0n) is 15.8. The second kappa shape index (κ2) is 8.27. The van der Waals surface area contributed by atoms with Gasteiger partial charge in [0.2, 0.25) is 0 Å². The van der Waals surface area contributed by atoms with Crippen LogP contribution in [0.5, 0.6) is 0 Å². The average Bonchev–Trinajstić information content (AvgIpc) is 2.70. The first-order chi connectivity index (χ1) is 13.1. The molecule has 0 aliphatic carbocycles. The molecule has 3 heterocycles. The molecule has 0 unspecified atom stereocenters. The van der Waals surface area contributed by atoms with Crippen LogP contribution in [0.15, 0.2) is 42.6 Å². The van der Waals surface area contributed by atoms with E-state index in [1.807, 2.05) is 36.5 Å². The summed E-state index contributed by atoms with van der Waals surface area (Å²) in [6.45, 7) is 6.27. The molecule has 1 fully saturated rings. The van der Waals surface area contributed by atoms with Crippen molar-refractivity contribution in [2.75, 3.05) is 32.7 Å². The first-order valence-corrected chi connectivity index (χ1v) is 10.4. The molecule has 0 atom stereocenters. The van der Waals surface area contributed by atoms with E-state index in [2.05, 4.69) is 20.9 Å². The summed E-state index contributed by atoms with van der Waals surface area (Å²) in [5, 5.41) is 11.7. The summed E-state index contributed by atoms with van der Waals surface area (Å²) in [5.74, 6) is 0. The highest BCUT2D eigenvalue weighted by atomic mass is 35.5. The molecule has 1 N–H and O–H groups in total. The lowest BCUT2D eigenvalue weighted by Crippen LogP contribution is -2.43. The molecule has 1 aromatic carbocycles. The molecule has 2 aromatic rings. The Morgan fingerprint density at radius 3 is 2.52 bits per heavy atom. The highest BCUT2D eigenvalue weighted by molar-refractivity contribution is 6.30. The van der Waals surface area contributed by atoms with Crippen LogP contribution in [0.2, 0.25) is 5.02 Å². The molecule has 4 nitrogen and oxygen atoms in total. The zero-order chi connectivity index (χ0) is 18.7. The van der Waals surface area contributed by atoms with Crippen molar-refractivity contribution < 1.29 is 5.11 Å². The van der Waals surface area contributed by atoms with Gasteiger partial charge < -0.3 is 10.0 Å². The van der Waals surface area contributed by atoms with Crippen LogP contribution in [0, 0.1) is 0 Å². The van der Waals surface area contributed by atoms with E-state index in [1.54, 1.807) is 0 Å². The van der Waals surface area contributed by atoms with Gasteiger partial charge in [0.1, 0.15) is 0 Å². The number of aromatic nitrogens is 1. The summed E-state index contributed by atoms with van der Waals surface area (Å²) in [4.78, 5) is 9.51. The van der Waals surface area contributed by atoms with Crippen molar-refractivity contribution in [3.05, 3.63) is 64.4 Å². The molecule has 27 heavy (non-hydrogen) atoms. The summed E-state index contributed by atoms with van der Waals surface area (Å²) in [5.41, 5.74) is 2.94. The van der Waals surface area contributed by atoms with E-state index in [4.69, 9.17) is 11.6 Å². The normalized spacial score (nSPS) is 20.4. The summed E-state index contributed by atoms with van der Waals surface area (Å²) in [6, 6.07) is 11.9. The number of likely N-dealkylation sites (tertiary alicyclic amines) is 1. The molecule has 2 aliphatic rings. The molecule has 0 spiro atoms. The topological polar surface area (TPSA) is 39.6 Å². The molecule has 1 aromatic heterocycles. The van der Waals surface area contributed by atoms with Crippen LogP contribution in [0.4, 0.5) is 0 Å². The Morgan fingerprint density at radius 1 is 1.00 bits per heavy atom. The molecule has 0 radical (unpaired) electrons. The van der Waals surface area contributed by atoms with Gasteiger partial charge in [-0.2, -0.15) is 0 Å². The molecular weight excluding hydrogens is 358 g/mol. The fourth-order valence-electron chi connectivity index (χ4n) is 4.33. The lowest BCUT2D eigenvalue weighted by Gasteiger charge is -2.39. The number of halogens is 1. The van der Waals surface area contributed by atoms with Gasteiger partial charge in [-0.1, -0.05) is 29.8 Å². The minimum atomic E-state index is -0.704. The van der Waals surface area contributed by atoms with Gasteiger partial charge in [-0.25, -0.2) is 0 Å². The van der Waals surface area contributed by atoms with Crippen molar-refractivity contribution in [3.8, 4) is 0 Å². The highest BCUT2D eigenvalue weighted by Gasteiger charge is 2.33. The molecule has 0 bridgehead atoms. The number of hydrogen-bond acceptors (Lipinski definition) is 4. The maximum absolute atomic E-state index is 11.0. The number of benzene rings is 1. The van der Waals surface area contributed by atoms with Gasteiger partial charge in [-0.3, -0.25) is 9.88 Å². The third-order valence-corrected chi connectivity index (χ3v) is 6.31. The Labute approximate surface area is 166 Å². The van der Waals surface area contributed by atoms with Crippen LogP contribution in [0.3, 0.4) is 0 Å². The minimum Gasteiger partial charge on any atom is -0.385 e. The predicted octanol–water partition coefficient (Wildman–Crippen LogP) is 3.47. The number of fused-ring (bicyclic) bond motifs is 1. The van der Waals surface area contributed by atoms with E-state index >= 15 is 0 Å². The second-order valence-corrected chi connectivity index (χ2v) is 8.31. The van der Waals surface area contributed by atoms with E-state index < -0.39 is 5.60 Å². The lowest BCUT2D eigenvalue weighted by molar-refractivity contribution is -0.0264. The Balaban J connectivity index is 1.22. The standard InChI is InChI=1S/C22H28ClN3O/c23-20-6-4-19(5-7-20)22(27)9-15-25(16-10-22)12-2-13-26-14-8-21-18(17-26)3-1-11-24-21/h1,3-7,11,27H,2,8-10,12-17H2. The number of nitrogens with zero attached hydrogens (tertiary/aromatic N) is 3. The molecular formula is C22H28ClN3O. The van der Waals surface area contributed by atoms with Crippen molar-refractivity contribution in [1.82, 2.24) is 14.8 Å². The quantitative estimate of drug-likeness (QED) is 0.855. The van der Waals surface area contributed by atoms with Crippen LogP contribution in [-0.4, -0.2) is 52.6 Å². The van der Waals surface area contributed by atoms with Gasteiger partial charge in [0.25, 0.3) is 0 Å². The van der Waals surface area contributed by atoms with Crippen molar-refractivity contribution in [2.24, 2.45) is 0 Å². The monoisotopic (exact) mass is 385 g/mol. The van der Waals surface area contributed by atoms with E-state index in [-0.39, 0.29) is 0 Å². The summed E-state index contributed by atoms with van der Waals surface area (Å²) >= 11 is 5.97. The zero-order valence-corrected chi connectivity index (χ0v) is 16.5. The van der Waals surface area contributed by atoms with Crippen LogP contribution in [0.1, 0.15) is 36.1 Å². The summed E-state index contributed by atoms with van der Waals surface area (Å²) < 4.78 is 0. The van der Waals surface area contributed by atoms with Crippen molar-refractivity contribution >= 4 is 11.6 Å².